The number of nitrogens with zero attached hydrogens (tertiary/aromatic N) is 2. The summed E-state index contributed by atoms with van der Waals surface area (Å²) in [4.78, 5) is 12.1. The second-order valence-electron chi connectivity index (χ2n) is 4.61. The second kappa shape index (κ2) is 6.50. The molecule has 1 aromatic heterocycles. The molecule has 0 aliphatic heterocycles. The summed E-state index contributed by atoms with van der Waals surface area (Å²) in [5.41, 5.74) is 1.24. The third kappa shape index (κ3) is 3.49. The minimum absolute atomic E-state index is 0.129. The Bertz CT molecular complexity index is 831. The first kappa shape index (κ1) is 15.1. The van der Waals surface area contributed by atoms with E-state index in [0.717, 1.165) is 0 Å². The Morgan fingerprint density at radius 3 is 2.65 bits per heavy atom. The number of methoxy groups -OCH3 is 1. The largest absolute Gasteiger partial charge is 0.497 e. The zero-order chi connectivity index (χ0) is 16.2. The van der Waals surface area contributed by atoms with Crippen LogP contribution in [-0.4, -0.2) is 23.2 Å². The van der Waals surface area contributed by atoms with E-state index in [1.54, 1.807) is 55.6 Å². The highest BCUT2D eigenvalue weighted by molar-refractivity contribution is 6.30. The third-order valence-corrected chi connectivity index (χ3v) is 3.27. The van der Waals surface area contributed by atoms with Crippen molar-refractivity contribution in [2.45, 2.75) is 0 Å². The highest BCUT2D eigenvalue weighted by Crippen LogP contribution is 2.22. The summed E-state index contributed by atoms with van der Waals surface area (Å²) in [6, 6.07) is 13.8. The van der Waals surface area contributed by atoms with Crippen LogP contribution in [0.4, 0.5) is 5.69 Å². The molecule has 0 atom stereocenters. The number of nitrogens with one attached hydrogen (secondary N) is 1. The molecule has 6 nitrogen and oxygen atoms in total. The summed E-state index contributed by atoms with van der Waals surface area (Å²) in [5, 5.41) is 10.8. The Labute approximate surface area is 137 Å². The molecule has 0 aliphatic rings. The van der Waals surface area contributed by atoms with Crippen molar-refractivity contribution in [1.82, 2.24) is 10.2 Å². The van der Waals surface area contributed by atoms with Gasteiger partial charge in [-0.15, -0.1) is 10.2 Å². The molecule has 3 rings (SSSR count). The van der Waals surface area contributed by atoms with Crippen molar-refractivity contribution in [2.75, 3.05) is 12.4 Å². The number of anilines is 1. The lowest BCUT2D eigenvalue weighted by molar-refractivity contribution is 0.0991. The minimum Gasteiger partial charge on any atom is -0.497 e. The van der Waals surface area contributed by atoms with Crippen molar-refractivity contribution in [3.05, 3.63) is 59.4 Å². The third-order valence-electron chi connectivity index (χ3n) is 3.04. The van der Waals surface area contributed by atoms with Gasteiger partial charge >= 0.3 is 11.8 Å². The van der Waals surface area contributed by atoms with Gasteiger partial charge in [0.1, 0.15) is 5.75 Å². The van der Waals surface area contributed by atoms with E-state index in [4.69, 9.17) is 20.8 Å². The molecule has 0 unspecified atom stereocenters. The van der Waals surface area contributed by atoms with Crippen LogP contribution >= 0.6 is 11.6 Å². The number of halogens is 1. The van der Waals surface area contributed by atoms with E-state index >= 15 is 0 Å². The average Bonchev–Trinajstić information content (AvgIpc) is 3.06. The Kier molecular flexibility index (Phi) is 4.25. The van der Waals surface area contributed by atoms with Gasteiger partial charge in [0.25, 0.3) is 0 Å². The van der Waals surface area contributed by atoms with E-state index in [1.807, 2.05) is 0 Å². The van der Waals surface area contributed by atoms with Gasteiger partial charge in [-0.1, -0.05) is 17.7 Å². The van der Waals surface area contributed by atoms with Gasteiger partial charge in [0.05, 0.1) is 7.11 Å². The van der Waals surface area contributed by atoms with E-state index in [2.05, 4.69) is 15.5 Å². The number of aromatic nitrogens is 2. The van der Waals surface area contributed by atoms with Crippen LogP contribution in [0.5, 0.6) is 5.75 Å². The van der Waals surface area contributed by atoms with Crippen molar-refractivity contribution in [1.29, 1.82) is 0 Å². The average molecular weight is 330 g/mol. The molecule has 3 aromatic rings. The molecule has 0 radical (unpaired) electrons. The number of benzene rings is 2. The molecule has 7 heteroatoms. The number of amides is 1. The van der Waals surface area contributed by atoms with E-state index in [1.165, 1.54) is 0 Å². The van der Waals surface area contributed by atoms with Crippen LogP contribution in [-0.2, 0) is 0 Å². The normalized spacial score (nSPS) is 10.3. The molecule has 0 bridgehead atoms. The van der Waals surface area contributed by atoms with E-state index in [-0.39, 0.29) is 11.8 Å². The molecule has 1 heterocycles. The zero-order valence-corrected chi connectivity index (χ0v) is 12.9. The topological polar surface area (TPSA) is 77.2 Å². The molecule has 0 saturated carbocycles. The number of ether oxygens (including phenoxy) is 1. The highest BCUT2D eigenvalue weighted by atomic mass is 35.5. The number of hydrogen-bond acceptors (Lipinski definition) is 5. The summed E-state index contributed by atoms with van der Waals surface area (Å²) in [6.07, 6.45) is 0. The lowest BCUT2D eigenvalue weighted by atomic mass is 10.2. The van der Waals surface area contributed by atoms with Gasteiger partial charge in [-0.2, -0.15) is 0 Å². The van der Waals surface area contributed by atoms with Crippen LogP contribution in [0.1, 0.15) is 10.7 Å². The molecule has 0 aliphatic carbocycles. The summed E-state index contributed by atoms with van der Waals surface area (Å²) in [5.74, 6) is 0.308. The molecule has 0 fully saturated rings. The number of carbonyl (C=O) groups excluding carboxylic acids is 1. The second-order valence-corrected chi connectivity index (χ2v) is 5.04. The summed E-state index contributed by atoms with van der Waals surface area (Å²) in [6.45, 7) is 0. The fourth-order valence-electron chi connectivity index (χ4n) is 1.91. The minimum atomic E-state index is -0.490. The lowest BCUT2D eigenvalue weighted by Crippen LogP contribution is -2.12. The Morgan fingerprint density at radius 2 is 1.96 bits per heavy atom. The Balaban J connectivity index is 1.75. The maximum absolute atomic E-state index is 12.1. The van der Waals surface area contributed by atoms with Crippen molar-refractivity contribution in [3.8, 4) is 17.2 Å². The monoisotopic (exact) mass is 329 g/mol. The molecule has 116 valence electrons. The molecule has 2 aromatic carbocycles. The first-order valence-corrected chi connectivity index (χ1v) is 7.08. The lowest BCUT2D eigenvalue weighted by Gasteiger charge is -2.03. The van der Waals surface area contributed by atoms with Crippen LogP contribution in [0.3, 0.4) is 0 Å². The highest BCUT2D eigenvalue weighted by Gasteiger charge is 2.16. The van der Waals surface area contributed by atoms with Crippen LogP contribution in [0.25, 0.3) is 11.5 Å². The zero-order valence-electron chi connectivity index (χ0n) is 12.1. The molecule has 0 spiro atoms. The van der Waals surface area contributed by atoms with Gasteiger partial charge in [0.2, 0.25) is 5.89 Å². The van der Waals surface area contributed by atoms with Crippen molar-refractivity contribution >= 4 is 23.2 Å². The van der Waals surface area contributed by atoms with Gasteiger partial charge in [0, 0.05) is 16.3 Å². The fraction of sp³-hybridized carbons (Fsp3) is 0.0625. The van der Waals surface area contributed by atoms with Crippen LogP contribution in [0.15, 0.2) is 52.9 Å². The fourth-order valence-corrected chi connectivity index (χ4v) is 2.10. The Morgan fingerprint density at radius 1 is 1.17 bits per heavy atom. The molecular formula is C16H12ClN3O3. The Hall–Kier alpha value is -2.86. The van der Waals surface area contributed by atoms with Crippen LogP contribution in [0.2, 0.25) is 5.02 Å². The molecule has 0 saturated heterocycles. The van der Waals surface area contributed by atoms with Crippen molar-refractivity contribution < 1.29 is 13.9 Å². The van der Waals surface area contributed by atoms with Gasteiger partial charge in [-0.25, -0.2) is 0 Å². The van der Waals surface area contributed by atoms with Gasteiger partial charge < -0.3 is 14.5 Å². The van der Waals surface area contributed by atoms with E-state index in [0.29, 0.717) is 22.0 Å². The first-order valence-electron chi connectivity index (χ1n) is 6.70. The first-order chi connectivity index (χ1) is 11.2. The van der Waals surface area contributed by atoms with Gasteiger partial charge in [-0.05, 0) is 42.5 Å². The number of hydrogen-bond donors (Lipinski definition) is 1. The molecule has 1 amide bonds. The van der Waals surface area contributed by atoms with E-state index < -0.39 is 5.91 Å². The molecular weight excluding hydrogens is 318 g/mol. The van der Waals surface area contributed by atoms with Crippen LogP contribution < -0.4 is 10.1 Å². The number of carbonyl (C=O) groups is 1. The summed E-state index contributed by atoms with van der Waals surface area (Å²) in [7, 11) is 1.57. The standard InChI is InChI=1S/C16H12ClN3O3/c1-22-13-7-5-12(6-8-13)18-14(21)16-20-19-15(23-16)10-3-2-4-11(17)9-10/h2-9H,1H3,(H,18,21). The smallest absolute Gasteiger partial charge is 0.313 e. The van der Waals surface area contributed by atoms with Gasteiger partial charge in [-0.3, -0.25) is 4.79 Å². The predicted octanol–water partition coefficient (Wildman–Crippen LogP) is 3.65. The quantitative estimate of drug-likeness (QED) is 0.790. The maximum atomic E-state index is 12.1. The molecule has 23 heavy (non-hydrogen) atoms. The SMILES string of the molecule is COc1ccc(NC(=O)c2nnc(-c3cccc(Cl)c3)o2)cc1. The van der Waals surface area contributed by atoms with Crippen molar-refractivity contribution in [2.24, 2.45) is 0 Å². The van der Waals surface area contributed by atoms with Crippen LogP contribution in [0, 0.1) is 0 Å². The maximum Gasteiger partial charge on any atom is 0.313 e. The summed E-state index contributed by atoms with van der Waals surface area (Å²) < 4.78 is 10.4. The molecule has 1 N–H and O–H groups in total. The van der Waals surface area contributed by atoms with Gasteiger partial charge in [0.15, 0.2) is 0 Å². The summed E-state index contributed by atoms with van der Waals surface area (Å²) >= 11 is 5.92. The van der Waals surface area contributed by atoms with E-state index in [9.17, 15) is 4.79 Å². The number of rotatable bonds is 4. The van der Waals surface area contributed by atoms with Crippen molar-refractivity contribution in [3.63, 3.8) is 0 Å². The predicted molar refractivity (Wildman–Crippen MR) is 85.7 cm³/mol.